The number of aliphatic hydroxyl groups excluding tert-OH is 1. The van der Waals surface area contributed by atoms with E-state index in [9.17, 15) is 5.11 Å². The van der Waals surface area contributed by atoms with Gasteiger partial charge in [-0.3, -0.25) is 15.0 Å². The third kappa shape index (κ3) is 14.3. The zero-order chi connectivity index (χ0) is 44.8. The highest BCUT2D eigenvalue weighted by atomic mass is 16.6. The molecule has 63 heavy (non-hydrogen) atoms. The summed E-state index contributed by atoms with van der Waals surface area (Å²) >= 11 is 0. The van der Waals surface area contributed by atoms with Gasteiger partial charge in [0.1, 0.15) is 13.2 Å². The van der Waals surface area contributed by atoms with Gasteiger partial charge in [-0.1, -0.05) is 27.2 Å². The summed E-state index contributed by atoms with van der Waals surface area (Å²) in [6, 6.07) is 3.70. The number of unbranched alkanes of at least 4 members (excludes halogenated alkanes) is 1. The van der Waals surface area contributed by atoms with Gasteiger partial charge in [0, 0.05) is 38.9 Å². The fraction of sp³-hybridized carbons (Fsp3) is 0.571. The zero-order valence-corrected chi connectivity index (χ0v) is 38.6. The predicted molar refractivity (Wildman–Crippen MR) is 252 cm³/mol. The molecule has 1 atom stereocenters. The van der Waals surface area contributed by atoms with Crippen molar-refractivity contribution in [1.82, 2.24) is 0 Å². The number of rotatable bonds is 28. The van der Waals surface area contributed by atoms with Crippen LogP contribution < -0.4 is 9.47 Å². The summed E-state index contributed by atoms with van der Waals surface area (Å²) in [5.74, 6) is 1.16. The molecular formula is C49H69N5O9. The first-order valence-electron chi connectivity index (χ1n) is 22.6. The Labute approximate surface area is 374 Å². The van der Waals surface area contributed by atoms with Crippen LogP contribution in [0.2, 0.25) is 0 Å². The second kappa shape index (κ2) is 27.0. The van der Waals surface area contributed by atoms with Gasteiger partial charge in [-0.05, 0) is 92.4 Å². The Morgan fingerprint density at radius 2 is 1.06 bits per heavy atom. The van der Waals surface area contributed by atoms with Gasteiger partial charge in [0.25, 0.3) is 0 Å². The fourth-order valence-corrected chi connectivity index (χ4v) is 7.62. The average molecular weight is 872 g/mol. The van der Waals surface area contributed by atoms with Gasteiger partial charge in [0.2, 0.25) is 0 Å². The summed E-state index contributed by atoms with van der Waals surface area (Å²) in [5, 5.41) is 9.87. The Bertz CT molecular complexity index is 2010. The van der Waals surface area contributed by atoms with E-state index in [1.165, 1.54) is 11.1 Å². The highest BCUT2D eigenvalue weighted by Crippen LogP contribution is 2.42. The molecule has 1 N–H and O–H groups in total. The summed E-state index contributed by atoms with van der Waals surface area (Å²) in [6.07, 6.45) is 14.1. The highest BCUT2D eigenvalue weighted by Gasteiger charge is 2.29. The van der Waals surface area contributed by atoms with Gasteiger partial charge in [-0.25, -0.2) is 9.98 Å². The van der Waals surface area contributed by atoms with E-state index in [0.29, 0.717) is 102 Å². The summed E-state index contributed by atoms with van der Waals surface area (Å²) in [7, 11) is 3.29. The first-order valence-corrected chi connectivity index (χ1v) is 22.6. The third-order valence-electron chi connectivity index (χ3n) is 11.1. The smallest absolute Gasteiger partial charge is 0.163 e. The molecule has 0 amide bonds. The molecule has 4 heterocycles. The second-order valence-electron chi connectivity index (χ2n) is 15.4. The number of benzene rings is 1. The van der Waals surface area contributed by atoms with Gasteiger partial charge in [-0.2, -0.15) is 0 Å². The molecule has 344 valence electrons. The van der Waals surface area contributed by atoms with E-state index >= 15 is 0 Å². The van der Waals surface area contributed by atoms with E-state index in [0.717, 1.165) is 83.0 Å². The van der Waals surface area contributed by atoms with Crippen LogP contribution in [0.15, 0.2) is 94.2 Å². The lowest BCUT2D eigenvalue weighted by Crippen LogP contribution is -2.14. The van der Waals surface area contributed by atoms with Gasteiger partial charge < -0.3 is 43.0 Å². The van der Waals surface area contributed by atoms with Crippen LogP contribution >= 0.6 is 0 Å². The molecule has 4 aliphatic heterocycles. The molecule has 4 aliphatic rings. The third-order valence-corrected chi connectivity index (χ3v) is 11.1. The monoisotopic (exact) mass is 872 g/mol. The van der Waals surface area contributed by atoms with Crippen LogP contribution in [-0.4, -0.2) is 135 Å². The van der Waals surface area contributed by atoms with Crippen LogP contribution in [0, 0.1) is 5.92 Å². The first kappa shape index (κ1) is 49.6. The van der Waals surface area contributed by atoms with E-state index in [-0.39, 0.29) is 25.7 Å². The fourth-order valence-electron chi connectivity index (χ4n) is 7.62. The minimum atomic E-state index is 0.0845. The van der Waals surface area contributed by atoms with Crippen molar-refractivity contribution >= 4 is 40.9 Å². The number of ether oxygens (including phenoxy) is 8. The predicted octanol–water partition coefficient (Wildman–Crippen LogP) is 8.64. The molecule has 0 saturated carbocycles. The van der Waals surface area contributed by atoms with Gasteiger partial charge in [-0.15, -0.1) is 0 Å². The molecule has 0 aromatic heterocycles. The molecule has 1 aromatic rings. The summed E-state index contributed by atoms with van der Waals surface area (Å²) in [5.41, 5.74) is 12.1. The molecule has 1 aromatic carbocycles. The molecule has 0 fully saturated rings. The number of nitrogens with zero attached hydrogens (tertiary/aromatic N) is 5. The van der Waals surface area contributed by atoms with Crippen molar-refractivity contribution in [2.45, 2.75) is 79.6 Å². The van der Waals surface area contributed by atoms with Gasteiger partial charge in [0.05, 0.1) is 124 Å². The van der Waals surface area contributed by atoms with E-state index < -0.39 is 0 Å². The van der Waals surface area contributed by atoms with Crippen LogP contribution in [-0.2, 0) is 28.4 Å². The Morgan fingerprint density at radius 1 is 0.587 bits per heavy atom. The first-order chi connectivity index (χ1) is 30.9. The Kier molecular flexibility index (Phi) is 21.3. The highest BCUT2D eigenvalue weighted by molar-refractivity contribution is 6.41. The lowest BCUT2D eigenvalue weighted by Gasteiger charge is -2.15. The maximum Gasteiger partial charge on any atom is 0.163 e. The summed E-state index contributed by atoms with van der Waals surface area (Å²) < 4.78 is 45.4. The van der Waals surface area contributed by atoms with E-state index in [2.05, 4.69) is 46.8 Å². The van der Waals surface area contributed by atoms with Crippen molar-refractivity contribution in [2.75, 3.05) is 100 Å². The topological polar surface area (TPSA) is 156 Å². The molecular weight excluding hydrogens is 803 g/mol. The standard InChI is InChI=1S/C49H69N5O9/c1-8-11-13-38-34(4)46-32-50-44-30-48(62-26-24-60-22-20-58-18-16-56-6)49(63-27-25-61-23-21-59-19-17-57-7)31-45(44)51-33-47-35(5)39(14-12-15-55)43(54-47)29-41-37(10-3)36(9-2)40(52-41)28-42(38)53-46/h28-33,36,55H,8-27H2,1-7H3. The van der Waals surface area contributed by atoms with Crippen molar-refractivity contribution in [2.24, 2.45) is 30.9 Å². The molecule has 1 unspecified atom stereocenters. The Balaban J connectivity index is 1.55. The number of hydrogen-bond donors (Lipinski definition) is 1. The largest absolute Gasteiger partial charge is 0.487 e. The number of methoxy groups -OCH3 is 2. The lowest BCUT2D eigenvalue weighted by atomic mass is 9.89. The van der Waals surface area contributed by atoms with Crippen molar-refractivity contribution in [3.8, 4) is 11.5 Å². The van der Waals surface area contributed by atoms with Crippen LogP contribution in [0.25, 0.3) is 0 Å². The number of fused-ring (bicyclic) bond motifs is 4. The Morgan fingerprint density at radius 3 is 1.52 bits per heavy atom. The second-order valence-corrected chi connectivity index (χ2v) is 15.4. The molecule has 0 radical (unpaired) electrons. The Hall–Kier alpha value is -4.41. The summed E-state index contributed by atoms with van der Waals surface area (Å²) in [6.45, 7) is 16.0. The zero-order valence-electron chi connectivity index (χ0n) is 38.6. The van der Waals surface area contributed by atoms with Crippen molar-refractivity contribution in [1.29, 1.82) is 0 Å². The lowest BCUT2D eigenvalue weighted by molar-refractivity contribution is 0.0160. The SMILES string of the molecule is CCCCC1=C(C)C2=NC1=CC1=NC(=C(CC)C1CC)C=C1N=C(C=Nc3cc(OCCOCCOCCOC)c(OCCOCCOCCOC)cc3N=C2)C(C)=C1CCCO. The minimum Gasteiger partial charge on any atom is -0.487 e. The quantitative estimate of drug-likeness (QED) is 0.0815. The van der Waals surface area contributed by atoms with Gasteiger partial charge >= 0.3 is 0 Å². The molecule has 0 spiro atoms. The van der Waals surface area contributed by atoms with E-state index in [4.69, 9.17) is 62.9 Å². The van der Waals surface area contributed by atoms with E-state index in [1.807, 2.05) is 18.3 Å². The maximum absolute atomic E-state index is 9.87. The van der Waals surface area contributed by atoms with Crippen molar-refractivity contribution in [3.05, 3.63) is 69.2 Å². The molecule has 14 nitrogen and oxygen atoms in total. The molecule has 0 aliphatic carbocycles. The molecule has 0 saturated heterocycles. The summed E-state index contributed by atoms with van der Waals surface area (Å²) in [4.78, 5) is 25.8. The number of aliphatic hydroxyl groups is 1. The van der Waals surface area contributed by atoms with Crippen LogP contribution in [0.4, 0.5) is 11.4 Å². The number of aliphatic imine (C=N–C) groups is 5. The van der Waals surface area contributed by atoms with Crippen molar-refractivity contribution < 1.29 is 43.0 Å². The van der Waals surface area contributed by atoms with Crippen molar-refractivity contribution in [3.63, 3.8) is 0 Å². The van der Waals surface area contributed by atoms with Crippen LogP contribution in [0.1, 0.15) is 79.6 Å². The minimum absolute atomic E-state index is 0.0845. The van der Waals surface area contributed by atoms with E-state index in [1.54, 1.807) is 20.4 Å². The van der Waals surface area contributed by atoms with Crippen LogP contribution in [0.3, 0.4) is 0 Å². The van der Waals surface area contributed by atoms with Crippen LogP contribution in [0.5, 0.6) is 11.5 Å². The molecule has 14 heteroatoms. The average Bonchev–Trinajstić information content (AvgIpc) is 3.89. The van der Waals surface area contributed by atoms with Gasteiger partial charge in [0.15, 0.2) is 11.5 Å². The number of allylic oxidation sites excluding steroid dienone is 7. The maximum atomic E-state index is 9.87. The number of hydrogen-bond acceptors (Lipinski definition) is 14. The normalized spacial score (nSPS) is 17.3. The molecule has 5 rings (SSSR count). The molecule has 6 bridgehead atoms.